The molecule has 3 aromatic rings. The quantitative estimate of drug-likeness (QED) is 0.365. The summed E-state index contributed by atoms with van der Waals surface area (Å²) in [5, 5.41) is 27.8. The summed E-state index contributed by atoms with van der Waals surface area (Å²) in [4.78, 5) is 13.4. The number of hydrogen-bond donors (Lipinski definition) is 3. The van der Waals surface area contributed by atoms with Gasteiger partial charge in [-0.1, -0.05) is 38.2 Å². The van der Waals surface area contributed by atoms with E-state index in [1.165, 1.54) is 29.0 Å². The number of aromatic nitrogens is 3. The summed E-state index contributed by atoms with van der Waals surface area (Å²) in [5.74, 6) is -2.41. The number of rotatable bonds is 9. The van der Waals surface area contributed by atoms with Crippen LogP contribution in [-0.2, 0) is 11.3 Å². The van der Waals surface area contributed by atoms with Crippen LogP contribution in [0.3, 0.4) is 0 Å². The number of halogens is 2. The van der Waals surface area contributed by atoms with Crippen molar-refractivity contribution in [3.8, 4) is 17.4 Å². The molecule has 36 heavy (non-hydrogen) atoms. The number of ether oxygens (including phenoxy) is 1. The lowest BCUT2D eigenvalue weighted by atomic mass is 9.84. The molecule has 0 bridgehead atoms. The van der Waals surface area contributed by atoms with Crippen LogP contribution in [-0.4, -0.2) is 36.1 Å². The molecular formula is C26H32F2N4O4. The summed E-state index contributed by atoms with van der Waals surface area (Å²) < 4.78 is 36.1. The molecular weight excluding hydrogens is 470 g/mol. The van der Waals surface area contributed by atoms with Crippen LogP contribution in [0.25, 0.3) is 0 Å². The average Bonchev–Trinajstić information content (AvgIpc) is 3.40. The summed E-state index contributed by atoms with van der Waals surface area (Å²) in [6.07, 6.45) is 8.89. The second kappa shape index (κ2) is 10.7. The Morgan fingerprint density at radius 2 is 2.00 bits per heavy atom. The molecule has 0 spiro atoms. The van der Waals surface area contributed by atoms with Crippen LogP contribution >= 0.6 is 0 Å². The van der Waals surface area contributed by atoms with Crippen LogP contribution in [0.15, 0.2) is 42.7 Å². The van der Waals surface area contributed by atoms with Gasteiger partial charge in [0.1, 0.15) is 11.8 Å². The second-order valence-corrected chi connectivity index (χ2v) is 10.1. The maximum atomic E-state index is 14.1. The van der Waals surface area contributed by atoms with Crippen molar-refractivity contribution in [2.45, 2.75) is 70.6 Å². The van der Waals surface area contributed by atoms with Gasteiger partial charge in [-0.05, 0) is 38.3 Å². The smallest absolute Gasteiger partial charge is 0.248 e. The van der Waals surface area contributed by atoms with Gasteiger partial charge in [0.15, 0.2) is 23.3 Å². The number of carbonyl (C=O) groups excluding carboxylic acids is 1. The van der Waals surface area contributed by atoms with Crippen molar-refractivity contribution < 1.29 is 28.5 Å². The molecule has 1 saturated carbocycles. The van der Waals surface area contributed by atoms with E-state index < -0.39 is 23.3 Å². The maximum Gasteiger partial charge on any atom is 0.248 e. The standard InChI is InChI=1S/C26H32F2N4O4/c1-26(2,35)16-31-12-11-22(30-31)29-25(34)20(13-17-7-4-3-5-8-17)32-15-18(14-23(32)33)36-21-10-6-9-19(27)24(21)28/h6,9-12,14-15,17,20,33,35H,3-5,7-8,13,16H2,1-2H3,(H,29,30,34)/t20-/m0/s1. The minimum Gasteiger partial charge on any atom is -0.494 e. The number of hydrogen-bond acceptors (Lipinski definition) is 5. The largest absolute Gasteiger partial charge is 0.494 e. The normalized spacial score (nSPS) is 15.6. The lowest BCUT2D eigenvalue weighted by molar-refractivity contribution is -0.120. The third-order valence-electron chi connectivity index (χ3n) is 6.31. The van der Waals surface area contributed by atoms with E-state index >= 15 is 0 Å². The first-order valence-corrected chi connectivity index (χ1v) is 12.2. The summed E-state index contributed by atoms with van der Waals surface area (Å²) in [6, 6.07) is 5.71. The Balaban J connectivity index is 1.56. The van der Waals surface area contributed by atoms with Crippen molar-refractivity contribution in [1.82, 2.24) is 14.3 Å². The molecule has 4 rings (SSSR count). The lowest BCUT2D eigenvalue weighted by Gasteiger charge is -2.27. The number of aliphatic hydroxyl groups is 1. The zero-order valence-electron chi connectivity index (χ0n) is 20.5. The first kappa shape index (κ1) is 25.7. The molecule has 1 amide bonds. The molecule has 10 heteroatoms. The fourth-order valence-electron chi connectivity index (χ4n) is 4.65. The molecule has 2 aromatic heterocycles. The Hall–Kier alpha value is -3.40. The summed E-state index contributed by atoms with van der Waals surface area (Å²) in [5.41, 5.74) is -0.967. The monoisotopic (exact) mass is 502 g/mol. The number of amides is 1. The Morgan fingerprint density at radius 3 is 2.72 bits per heavy atom. The number of aromatic hydroxyl groups is 1. The van der Waals surface area contributed by atoms with E-state index in [2.05, 4.69) is 10.4 Å². The van der Waals surface area contributed by atoms with Crippen molar-refractivity contribution in [1.29, 1.82) is 0 Å². The van der Waals surface area contributed by atoms with Gasteiger partial charge in [-0.2, -0.15) is 9.49 Å². The van der Waals surface area contributed by atoms with Crippen LogP contribution in [0.1, 0.15) is 58.4 Å². The molecule has 1 aromatic carbocycles. The Morgan fingerprint density at radius 1 is 1.25 bits per heavy atom. The molecule has 8 nitrogen and oxygen atoms in total. The highest BCUT2D eigenvalue weighted by atomic mass is 19.2. The summed E-state index contributed by atoms with van der Waals surface area (Å²) >= 11 is 0. The fourth-order valence-corrected chi connectivity index (χ4v) is 4.65. The van der Waals surface area contributed by atoms with Crippen LogP contribution < -0.4 is 10.1 Å². The lowest BCUT2D eigenvalue weighted by Crippen LogP contribution is -2.29. The van der Waals surface area contributed by atoms with Crippen LogP contribution in [0, 0.1) is 17.6 Å². The number of benzene rings is 1. The second-order valence-electron chi connectivity index (χ2n) is 10.1. The zero-order chi connectivity index (χ0) is 25.9. The van der Waals surface area contributed by atoms with Crippen molar-refractivity contribution in [3.05, 3.63) is 54.4 Å². The highest BCUT2D eigenvalue weighted by Gasteiger charge is 2.29. The maximum absolute atomic E-state index is 14.1. The van der Waals surface area contributed by atoms with E-state index in [-0.39, 0.29) is 29.8 Å². The van der Waals surface area contributed by atoms with E-state index in [4.69, 9.17) is 4.74 Å². The average molecular weight is 503 g/mol. The van der Waals surface area contributed by atoms with Gasteiger partial charge in [0.2, 0.25) is 11.7 Å². The van der Waals surface area contributed by atoms with Crippen LogP contribution in [0.5, 0.6) is 17.4 Å². The first-order valence-electron chi connectivity index (χ1n) is 12.2. The Kier molecular flexibility index (Phi) is 7.63. The molecule has 0 unspecified atom stereocenters. The van der Waals surface area contributed by atoms with Crippen molar-refractivity contribution in [3.63, 3.8) is 0 Å². The number of anilines is 1. The van der Waals surface area contributed by atoms with Gasteiger partial charge < -0.3 is 24.8 Å². The van der Waals surface area contributed by atoms with E-state index in [9.17, 15) is 23.8 Å². The van der Waals surface area contributed by atoms with Crippen molar-refractivity contribution >= 4 is 11.7 Å². The minimum atomic E-state index is -1.14. The Bertz CT molecular complexity index is 1200. The molecule has 0 saturated heterocycles. The first-order chi connectivity index (χ1) is 17.1. The predicted molar refractivity (Wildman–Crippen MR) is 130 cm³/mol. The molecule has 1 aliphatic carbocycles. The highest BCUT2D eigenvalue weighted by molar-refractivity contribution is 5.93. The predicted octanol–water partition coefficient (Wildman–Crippen LogP) is 5.38. The zero-order valence-corrected chi connectivity index (χ0v) is 20.5. The SMILES string of the molecule is CC(C)(O)Cn1ccc(NC(=O)[C@H](CC2CCCCC2)n2cc(Oc3cccc(F)c3F)cc2O)n1. The topological polar surface area (TPSA) is 102 Å². The minimum absolute atomic E-state index is 0.0768. The van der Waals surface area contributed by atoms with E-state index in [0.717, 1.165) is 38.2 Å². The van der Waals surface area contributed by atoms with Gasteiger partial charge in [0.25, 0.3) is 0 Å². The van der Waals surface area contributed by atoms with Gasteiger partial charge in [0.05, 0.1) is 18.3 Å². The van der Waals surface area contributed by atoms with Gasteiger partial charge in [-0.15, -0.1) is 0 Å². The number of carbonyl (C=O) groups is 1. The van der Waals surface area contributed by atoms with E-state index in [0.29, 0.717) is 18.2 Å². The van der Waals surface area contributed by atoms with Gasteiger partial charge in [0, 0.05) is 18.3 Å². The molecule has 0 aliphatic heterocycles. The third-order valence-corrected chi connectivity index (χ3v) is 6.31. The molecule has 1 aliphatic rings. The molecule has 2 heterocycles. The van der Waals surface area contributed by atoms with E-state index in [1.807, 2.05) is 0 Å². The fraction of sp³-hybridized carbons (Fsp3) is 0.462. The van der Waals surface area contributed by atoms with Crippen LogP contribution in [0.4, 0.5) is 14.6 Å². The van der Waals surface area contributed by atoms with Crippen molar-refractivity contribution in [2.24, 2.45) is 5.92 Å². The molecule has 0 radical (unpaired) electrons. The molecule has 1 atom stereocenters. The molecule has 1 fully saturated rings. The van der Waals surface area contributed by atoms with Gasteiger partial charge in [-0.3, -0.25) is 9.48 Å². The summed E-state index contributed by atoms with van der Waals surface area (Å²) in [7, 11) is 0. The van der Waals surface area contributed by atoms with Gasteiger partial charge >= 0.3 is 0 Å². The van der Waals surface area contributed by atoms with Gasteiger partial charge in [-0.25, -0.2) is 4.39 Å². The Labute approximate surface area is 208 Å². The van der Waals surface area contributed by atoms with Crippen molar-refractivity contribution in [2.75, 3.05) is 5.32 Å². The highest BCUT2D eigenvalue weighted by Crippen LogP contribution is 2.36. The van der Waals surface area contributed by atoms with Crippen LogP contribution in [0.2, 0.25) is 0 Å². The molecule has 3 N–H and O–H groups in total. The summed E-state index contributed by atoms with van der Waals surface area (Å²) in [6.45, 7) is 3.58. The number of nitrogens with one attached hydrogen (secondary N) is 1. The number of nitrogens with zero attached hydrogens (tertiary/aromatic N) is 3. The van der Waals surface area contributed by atoms with E-state index in [1.54, 1.807) is 30.8 Å². The molecule has 194 valence electrons. The third kappa shape index (κ3) is 6.42.